The van der Waals surface area contributed by atoms with Crippen LogP contribution in [-0.2, 0) is 19.9 Å². The number of halogens is 1. The fourth-order valence-corrected chi connectivity index (χ4v) is 7.62. The molecule has 2 heterocycles. The highest BCUT2D eigenvalue weighted by atomic mass is 28.4. The highest BCUT2D eigenvalue weighted by molar-refractivity contribution is 6.72. The van der Waals surface area contributed by atoms with E-state index in [4.69, 9.17) is 4.74 Å². The quantitative estimate of drug-likeness (QED) is 0.337. The molecule has 2 aliphatic heterocycles. The van der Waals surface area contributed by atoms with Crippen molar-refractivity contribution in [2.24, 2.45) is 5.92 Å². The summed E-state index contributed by atoms with van der Waals surface area (Å²) in [5.74, 6) is -1.34. The summed E-state index contributed by atoms with van der Waals surface area (Å²) in [5, 5.41) is 21.7. The number of aliphatic hydroxyl groups excluding tert-OH is 2. The van der Waals surface area contributed by atoms with E-state index in [0.29, 0.717) is 16.9 Å². The lowest BCUT2D eigenvalue weighted by molar-refractivity contribution is -0.146. The smallest absolute Gasteiger partial charge is 0.264 e. The molecule has 2 amide bonds. The number of nitrogens with one attached hydrogen (secondary N) is 1. The van der Waals surface area contributed by atoms with Crippen molar-refractivity contribution < 1.29 is 28.6 Å². The molecule has 5 atom stereocenters. The minimum absolute atomic E-state index is 0.170. The third kappa shape index (κ3) is 3.84. The Balaban J connectivity index is 2.15. The van der Waals surface area contributed by atoms with Crippen LogP contribution in [0.4, 0.5) is 15.5 Å². The van der Waals surface area contributed by atoms with E-state index in [0.717, 1.165) is 0 Å². The number of carbonyl (C=O) groups is 2. The van der Waals surface area contributed by atoms with Crippen LogP contribution in [0.2, 0.25) is 18.6 Å². The number of hydrogen-bond donors (Lipinski definition) is 3. The lowest BCUT2D eigenvalue weighted by atomic mass is 9.82. The van der Waals surface area contributed by atoms with Gasteiger partial charge in [-0.1, -0.05) is 13.0 Å². The van der Waals surface area contributed by atoms with Crippen molar-refractivity contribution in [3.63, 3.8) is 0 Å². The zero-order valence-electron chi connectivity index (χ0n) is 18.4. The second-order valence-electron chi connectivity index (χ2n) is 8.88. The van der Waals surface area contributed by atoms with E-state index in [9.17, 15) is 19.8 Å². The number of nitrogens with zero attached hydrogens (tertiary/aromatic N) is 1. The number of hydrogen-bond acceptors (Lipinski definition) is 5. The number of amides is 2. The Hall–Kier alpha value is -2.07. The van der Waals surface area contributed by atoms with Crippen LogP contribution in [-0.4, -0.2) is 55.8 Å². The van der Waals surface area contributed by atoms with Crippen LogP contribution >= 0.6 is 0 Å². The van der Waals surface area contributed by atoms with Crippen LogP contribution < -0.4 is 10.2 Å². The first-order valence-electron chi connectivity index (χ1n) is 10.5. The van der Waals surface area contributed by atoms with Crippen molar-refractivity contribution in [1.29, 1.82) is 0 Å². The molecule has 9 heteroatoms. The molecule has 0 bridgehead atoms. The third-order valence-corrected chi connectivity index (χ3v) is 8.79. The molecule has 1 saturated heterocycles. The molecule has 1 spiro atoms. The first-order valence-corrected chi connectivity index (χ1v) is 13.5. The van der Waals surface area contributed by atoms with Crippen molar-refractivity contribution in [2.75, 3.05) is 23.4 Å². The summed E-state index contributed by atoms with van der Waals surface area (Å²) in [6.07, 6.45) is 0.0573. The second kappa shape index (κ2) is 8.46. The summed E-state index contributed by atoms with van der Waals surface area (Å²) in [4.78, 5) is 27.3. The number of fused-ring (bicyclic) bond motifs is 2. The lowest BCUT2D eigenvalue weighted by Gasteiger charge is -2.31. The summed E-state index contributed by atoms with van der Waals surface area (Å²) >= 11 is 0. The molecule has 3 rings (SSSR count). The van der Waals surface area contributed by atoms with Gasteiger partial charge in [-0.2, -0.15) is 0 Å². The van der Waals surface area contributed by atoms with Gasteiger partial charge in [0.15, 0.2) is 5.60 Å². The Kier molecular flexibility index (Phi) is 6.44. The molecule has 0 radical (unpaired) electrons. The molecule has 31 heavy (non-hydrogen) atoms. The topological polar surface area (TPSA) is 99.1 Å². The van der Waals surface area contributed by atoms with Crippen molar-refractivity contribution in [1.82, 2.24) is 0 Å². The predicted molar refractivity (Wildman–Crippen MR) is 119 cm³/mol. The van der Waals surface area contributed by atoms with Crippen LogP contribution in [0.5, 0.6) is 0 Å². The van der Waals surface area contributed by atoms with Gasteiger partial charge in [0.2, 0.25) is 8.41 Å². The normalized spacial score (nSPS) is 28.7. The van der Waals surface area contributed by atoms with E-state index in [-0.39, 0.29) is 25.5 Å². The fraction of sp³-hybridized carbons (Fsp3) is 0.545. The molecule has 0 unspecified atom stereocenters. The number of carbonyl (C=O) groups excluding carboxylic acids is 2. The van der Waals surface area contributed by atoms with Crippen molar-refractivity contribution in [3.05, 3.63) is 36.4 Å². The molecular weight excluding hydrogens is 419 g/mol. The van der Waals surface area contributed by atoms with Gasteiger partial charge in [-0.25, -0.2) is 0 Å². The summed E-state index contributed by atoms with van der Waals surface area (Å²) < 4.78 is 21.8. The van der Waals surface area contributed by atoms with Crippen molar-refractivity contribution in [3.8, 4) is 0 Å². The molecule has 7 nitrogen and oxygen atoms in total. The fourth-order valence-electron chi connectivity index (χ4n) is 5.08. The van der Waals surface area contributed by atoms with E-state index in [1.807, 2.05) is 6.92 Å². The maximum atomic E-state index is 15.4. The number of benzene rings is 1. The first kappa shape index (κ1) is 23.6. The van der Waals surface area contributed by atoms with Gasteiger partial charge in [0.05, 0.1) is 11.8 Å². The molecule has 170 valence electrons. The molecule has 0 saturated carbocycles. The van der Waals surface area contributed by atoms with E-state index in [2.05, 4.69) is 11.9 Å². The van der Waals surface area contributed by atoms with Crippen LogP contribution in [0.1, 0.15) is 25.8 Å². The number of aliphatic hydroxyl groups is 2. The molecule has 1 fully saturated rings. The van der Waals surface area contributed by atoms with E-state index >= 15 is 4.11 Å². The van der Waals surface area contributed by atoms with Crippen LogP contribution in [0.15, 0.2) is 30.9 Å². The van der Waals surface area contributed by atoms with Gasteiger partial charge in [-0.3, -0.25) is 9.59 Å². The van der Waals surface area contributed by atoms with E-state index in [1.165, 1.54) is 6.92 Å². The lowest BCUT2D eigenvalue weighted by Crippen LogP contribution is -2.45. The summed E-state index contributed by atoms with van der Waals surface area (Å²) in [6, 6.07) is 5.03. The molecule has 0 aromatic heterocycles. The van der Waals surface area contributed by atoms with Gasteiger partial charge in [0.25, 0.3) is 11.8 Å². The van der Waals surface area contributed by atoms with Gasteiger partial charge in [-0.15, -0.1) is 6.58 Å². The Morgan fingerprint density at radius 2 is 2.16 bits per heavy atom. The molecule has 1 aromatic rings. The minimum Gasteiger partial charge on any atom is -0.396 e. The Morgan fingerprint density at radius 3 is 2.71 bits per heavy atom. The van der Waals surface area contributed by atoms with Gasteiger partial charge < -0.3 is 29.3 Å². The first-order chi connectivity index (χ1) is 14.5. The third-order valence-electron chi connectivity index (χ3n) is 6.33. The standard InChI is InChI=1S/C22H31FN2O5Si/c1-6-10-25-17-8-7-15(24-20(28)14(3)27)12-16(17)22(21(25)29)13(2)19(31(4,5)23)18(30-22)9-11-26/h6-8,12-14,18-19,26-27H,1,9-11H2,2-5H3,(H,24,28)/t13-,14+,18+,19-,22+/m1/s1. The van der Waals surface area contributed by atoms with Crippen LogP contribution in [0.25, 0.3) is 0 Å². The zero-order valence-corrected chi connectivity index (χ0v) is 19.4. The molecule has 2 aliphatic rings. The Morgan fingerprint density at radius 1 is 1.48 bits per heavy atom. The maximum Gasteiger partial charge on any atom is 0.264 e. The number of rotatable bonds is 7. The number of ether oxygens (including phenoxy) is 1. The van der Waals surface area contributed by atoms with E-state index < -0.39 is 43.6 Å². The minimum atomic E-state index is -3.26. The van der Waals surface area contributed by atoms with Gasteiger partial charge in [0, 0.05) is 35.9 Å². The Labute approximate surface area is 183 Å². The second-order valence-corrected chi connectivity index (χ2v) is 12.7. The SMILES string of the molecule is C=CCN1C(=O)[C@@]2(O[C@@H](CCO)[C@H]([Si](C)(C)F)[C@H]2C)c2cc(NC(=O)[C@H](C)O)ccc21. The average Bonchev–Trinajstić information content (AvgIpc) is 3.10. The Bertz CT molecular complexity index is 887. The predicted octanol–water partition coefficient (Wildman–Crippen LogP) is 2.70. The summed E-state index contributed by atoms with van der Waals surface area (Å²) in [5.41, 5.74) is -0.319. The van der Waals surface area contributed by atoms with Gasteiger partial charge in [0.1, 0.15) is 6.10 Å². The molecule has 1 aromatic carbocycles. The van der Waals surface area contributed by atoms with Crippen LogP contribution in [0.3, 0.4) is 0 Å². The highest BCUT2D eigenvalue weighted by Gasteiger charge is 2.66. The average molecular weight is 451 g/mol. The summed E-state index contributed by atoms with van der Waals surface area (Å²) in [6.45, 7) is 10.2. The maximum absolute atomic E-state index is 15.4. The van der Waals surface area contributed by atoms with Gasteiger partial charge in [-0.05, 0) is 44.6 Å². The number of anilines is 2. The molecule has 3 N–H and O–H groups in total. The summed E-state index contributed by atoms with van der Waals surface area (Å²) in [7, 11) is -3.26. The highest BCUT2D eigenvalue weighted by Crippen LogP contribution is 2.60. The molecule has 0 aliphatic carbocycles. The zero-order chi connectivity index (χ0) is 23.1. The van der Waals surface area contributed by atoms with Crippen molar-refractivity contribution >= 4 is 31.6 Å². The monoisotopic (exact) mass is 450 g/mol. The molecular formula is C22H31FN2O5Si. The van der Waals surface area contributed by atoms with Crippen molar-refractivity contribution in [2.45, 2.75) is 56.7 Å². The van der Waals surface area contributed by atoms with E-state index in [1.54, 1.807) is 42.3 Å². The van der Waals surface area contributed by atoms with Gasteiger partial charge >= 0.3 is 0 Å². The van der Waals surface area contributed by atoms with Crippen LogP contribution in [0, 0.1) is 5.92 Å². The largest absolute Gasteiger partial charge is 0.396 e.